The second kappa shape index (κ2) is 8.34. The molecule has 0 aromatic heterocycles. The average molecular weight is 246 g/mol. The second-order valence-corrected chi connectivity index (χ2v) is 4.21. The van der Waals surface area contributed by atoms with Gasteiger partial charge in [0.2, 0.25) is 0 Å². The smallest absolute Gasteiger partial charge is 0.251 e. The molecule has 0 bridgehead atoms. The average Bonchev–Trinajstić information content (AvgIpc) is 2.41. The van der Waals surface area contributed by atoms with Crippen LogP contribution >= 0.6 is 0 Å². The fourth-order valence-corrected chi connectivity index (χ4v) is 1.61. The van der Waals surface area contributed by atoms with Crippen LogP contribution in [-0.4, -0.2) is 19.0 Å². The molecule has 0 fully saturated rings. The molecule has 0 aliphatic carbocycles. The summed E-state index contributed by atoms with van der Waals surface area (Å²) in [6.45, 7) is 7.23. The van der Waals surface area contributed by atoms with Gasteiger partial charge in [-0.2, -0.15) is 0 Å². The maximum Gasteiger partial charge on any atom is 0.251 e. The third-order valence-electron chi connectivity index (χ3n) is 2.66. The van der Waals surface area contributed by atoms with Crippen molar-refractivity contribution >= 4 is 11.6 Å². The molecule has 0 radical (unpaired) electrons. The minimum atomic E-state index is -0.0626. The first-order valence-electron chi connectivity index (χ1n) is 6.51. The Balaban J connectivity index is 2.41. The molecule has 1 aromatic rings. The van der Waals surface area contributed by atoms with Crippen molar-refractivity contribution in [3.05, 3.63) is 42.5 Å². The molecule has 0 aliphatic heterocycles. The second-order valence-electron chi connectivity index (χ2n) is 4.21. The Morgan fingerprint density at radius 1 is 1.28 bits per heavy atom. The minimum absolute atomic E-state index is 0.0626. The lowest BCUT2D eigenvalue weighted by Gasteiger charge is -2.07. The summed E-state index contributed by atoms with van der Waals surface area (Å²) >= 11 is 0. The van der Waals surface area contributed by atoms with Gasteiger partial charge in [-0.15, -0.1) is 6.58 Å². The van der Waals surface area contributed by atoms with Gasteiger partial charge in [-0.3, -0.25) is 4.79 Å². The van der Waals surface area contributed by atoms with Crippen molar-refractivity contribution < 1.29 is 4.79 Å². The summed E-state index contributed by atoms with van der Waals surface area (Å²) in [6.07, 6.45) is 5.32. The Bertz CT molecular complexity index is 371. The van der Waals surface area contributed by atoms with Crippen LogP contribution < -0.4 is 10.6 Å². The fourth-order valence-electron chi connectivity index (χ4n) is 1.61. The van der Waals surface area contributed by atoms with Gasteiger partial charge in [-0.1, -0.05) is 25.8 Å². The summed E-state index contributed by atoms with van der Waals surface area (Å²) < 4.78 is 0. The Hall–Kier alpha value is -1.77. The predicted molar refractivity (Wildman–Crippen MR) is 77.0 cm³/mol. The molecule has 3 nitrogen and oxygen atoms in total. The fraction of sp³-hybridized carbons (Fsp3) is 0.400. The molecule has 0 heterocycles. The molecule has 2 N–H and O–H groups in total. The largest absolute Gasteiger partial charge is 0.385 e. The molecular weight excluding hydrogens is 224 g/mol. The topological polar surface area (TPSA) is 41.1 Å². The van der Waals surface area contributed by atoms with E-state index in [-0.39, 0.29) is 5.91 Å². The quantitative estimate of drug-likeness (QED) is 0.546. The van der Waals surface area contributed by atoms with E-state index in [0.29, 0.717) is 12.1 Å². The molecule has 18 heavy (non-hydrogen) atoms. The van der Waals surface area contributed by atoms with Crippen LogP contribution in [0.5, 0.6) is 0 Å². The van der Waals surface area contributed by atoms with Crippen LogP contribution in [0.25, 0.3) is 0 Å². The van der Waals surface area contributed by atoms with E-state index < -0.39 is 0 Å². The van der Waals surface area contributed by atoms with E-state index in [1.807, 2.05) is 24.3 Å². The molecule has 1 rings (SSSR count). The highest BCUT2D eigenvalue weighted by atomic mass is 16.1. The van der Waals surface area contributed by atoms with Gasteiger partial charge in [0.1, 0.15) is 0 Å². The number of carbonyl (C=O) groups is 1. The van der Waals surface area contributed by atoms with Gasteiger partial charge in [0.05, 0.1) is 0 Å². The highest BCUT2D eigenvalue weighted by Gasteiger charge is 2.03. The van der Waals surface area contributed by atoms with Crippen molar-refractivity contribution in [1.82, 2.24) is 5.32 Å². The number of amides is 1. The number of hydrogen-bond acceptors (Lipinski definition) is 2. The van der Waals surface area contributed by atoms with Crippen molar-refractivity contribution in [2.24, 2.45) is 0 Å². The number of benzene rings is 1. The maximum atomic E-state index is 11.6. The van der Waals surface area contributed by atoms with E-state index in [9.17, 15) is 4.79 Å². The first-order valence-corrected chi connectivity index (χ1v) is 6.51. The zero-order valence-corrected chi connectivity index (χ0v) is 11.0. The molecule has 0 aliphatic rings. The zero-order valence-electron chi connectivity index (χ0n) is 11.0. The molecule has 3 heteroatoms. The molecule has 98 valence electrons. The van der Waals surface area contributed by atoms with Crippen molar-refractivity contribution in [3.8, 4) is 0 Å². The summed E-state index contributed by atoms with van der Waals surface area (Å²) in [4.78, 5) is 11.6. The first kappa shape index (κ1) is 14.3. The Kier molecular flexibility index (Phi) is 6.62. The molecule has 1 aromatic carbocycles. The summed E-state index contributed by atoms with van der Waals surface area (Å²) in [6, 6.07) is 7.55. The van der Waals surface area contributed by atoms with Crippen LogP contribution in [0.3, 0.4) is 0 Å². The van der Waals surface area contributed by atoms with Gasteiger partial charge in [-0.25, -0.2) is 0 Å². The van der Waals surface area contributed by atoms with Gasteiger partial charge < -0.3 is 10.6 Å². The lowest BCUT2D eigenvalue weighted by atomic mass is 10.2. The van der Waals surface area contributed by atoms with Crippen molar-refractivity contribution in [2.45, 2.75) is 26.2 Å². The SMILES string of the molecule is C=CCNC(=O)c1ccc(NCCCCC)cc1. The number of anilines is 1. The summed E-state index contributed by atoms with van der Waals surface area (Å²) in [5.41, 5.74) is 1.74. The molecule has 0 unspecified atom stereocenters. The molecular formula is C15H22N2O. The van der Waals surface area contributed by atoms with Crippen LogP contribution in [0.2, 0.25) is 0 Å². The Morgan fingerprint density at radius 2 is 2.00 bits per heavy atom. The van der Waals surface area contributed by atoms with E-state index in [4.69, 9.17) is 0 Å². The van der Waals surface area contributed by atoms with Crippen LogP contribution in [0.1, 0.15) is 36.5 Å². The van der Waals surface area contributed by atoms with E-state index in [0.717, 1.165) is 12.2 Å². The predicted octanol–water partition coefficient (Wildman–Crippen LogP) is 3.20. The number of rotatable bonds is 8. The molecule has 0 saturated heterocycles. The molecule has 0 spiro atoms. The van der Waals surface area contributed by atoms with Gasteiger partial charge in [0.15, 0.2) is 0 Å². The number of hydrogen-bond donors (Lipinski definition) is 2. The van der Waals surface area contributed by atoms with Gasteiger partial charge >= 0.3 is 0 Å². The highest BCUT2D eigenvalue weighted by molar-refractivity contribution is 5.94. The van der Waals surface area contributed by atoms with E-state index in [2.05, 4.69) is 24.1 Å². The first-order chi connectivity index (χ1) is 8.77. The summed E-state index contributed by atoms with van der Waals surface area (Å²) in [7, 11) is 0. The number of carbonyl (C=O) groups excluding carboxylic acids is 1. The summed E-state index contributed by atoms with van der Waals surface area (Å²) in [5, 5.41) is 6.09. The van der Waals surface area contributed by atoms with Crippen LogP contribution in [0.4, 0.5) is 5.69 Å². The van der Waals surface area contributed by atoms with E-state index in [1.54, 1.807) is 6.08 Å². The third kappa shape index (κ3) is 5.04. The molecule has 0 saturated carbocycles. The maximum absolute atomic E-state index is 11.6. The van der Waals surface area contributed by atoms with Gasteiger partial charge in [0.25, 0.3) is 5.91 Å². The molecule has 0 atom stereocenters. The van der Waals surface area contributed by atoms with Gasteiger partial charge in [0, 0.05) is 24.3 Å². The van der Waals surface area contributed by atoms with Crippen molar-refractivity contribution in [3.63, 3.8) is 0 Å². The van der Waals surface area contributed by atoms with Crippen LogP contribution in [-0.2, 0) is 0 Å². The Labute approximate surface area is 109 Å². The molecule has 1 amide bonds. The highest BCUT2D eigenvalue weighted by Crippen LogP contribution is 2.09. The van der Waals surface area contributed by atoms with Gasteiger partial charge in [-0.05, 0) is 30.7 Å². The lowest BCUT2D eigenvalue weighted by molar-refractivity contribution is 0.0958. The lowest BCUT2D eigenvalue weighted by Crippen LogP contribution is -2.23. The van der Waals surface area contributed by atoms with Crippen LogP contribution in [0.15, 0.2) is 36.9 Å². The van der Waals surface area contributed by atoms with E-state index in [1.165, 1.54) is 19.3 Å². The zero-order chi connectivity index (χ0) is 13.2. The number of nitrogens with one attached hydrogen (secondary N) is 2. The Morgan fingerprint density at radius 3 is 2.61 bits per heavy atom. The minimum Gasteiger partial charge on any atom is -0.385 e. The van der Waals surface area contributed by atoms with Crippen molar-refractivity contribution in [2.75, 3.05) is 18.4 Å². The van der Waals surface area contributed by atoms with Crippen molar-refractivity contribution in [1.29, 1.82) is 0 Å². The number of unbranched alkanes of at least 4 members (excludes halogenated alkanes) is 2. The normalized spacial score (nSPS) is 9.83. The summed E-state index contributed by atoms with van der Waals surface area (Å²) in [5.74, 6) is -0.0626. The van der Waals surface area contributed by atoms with Crippen LogP contribution in [0, 0.1) is 0 Å². The van der Waals surface area contributed by atoms with E-state index >= 15 is 0 Å². The standard InChI is InChI=1S/C15H22N2O/c1-3-5-6-12-16-14-9-7-13(8-10-14)15(18)17-11-4-2/h4,7-10,16H,2-3,5-6,11-12H2,1H3,(H,17,18). The monoisotopic (exact) mass is 246 g/mol. The third-order valence-corrected chi connectivity index (χ3v) is 2.66.